The molecule has 0 spiro atoms. The molecule has 106 valence electrons. The van der Waals surface area contributed by atoms with E-state index in [2.05, 4.69) is 0 Å². The van der Waals surface area contributed by atoms with E-state index in [1.165, 1.54) is 0 Å². The van der Waals surface area contributed by atoms with Gasteiger partial charge < -0.3 is 4.90 Å². The summed E-state index contributed by atoms with van der Waals surface area (Å²) >= 11 is 11.7. The van der Waals surface area contributed by atoms with Gasteiger partial charge in [-0.15, -0.1) is 11.6 Å². The lowest BCUT2D eigenvalue weighted by molar-refractivity contribution is -0.176. The van der Waals surface area contributed by atoms with Gasteiger partial charge in [-0.3, -0.25) is 0 Å². The Morgan fingerprint density at radius 3 is 2.68 bits per heavy atom. The van der Waals surface area contributed by atoms with Crippen molar-refractivity contribution in [2.45, 2.75) is 24.9 Å². The Labute approximate surface area is 120 Å². The first-order valence-corrected chi connectivity index (χ1v) is 6.99. The van der Waals surface area contributed by atoms with Crippen LogP contribution in [0.5, 0.6) is 0 Å². The maximum absolute atomic E-state index is 12.8. The minimum Gasteiger partial charge on any atom is -0.371 e. The third-order valence-corrected chi connectivity index (χ3v) is 3.93. The minimum atomic E-state index is -4.13. The molecule has 1 aromatic rings. The van der Waals surface area contributed by atoms with Gasteiger partial charge in [-0.05, 0) is 36.6 Å². The summed E-state index contributed by atoms with van der Waals surface area (Å²) in [4.78, 5) is 1.76. The first-order chi connectivity index (χ1) is 8.91. The van der Waals surface area contributed by atoms with Crippen molar-refractivity contribution in [2.24, 2.45) is 5.92 Å². The van der Waals surface area contributed by atoms with Crippen LogP contribution < -0.4 is 4.90 Å². The van der Waals surface area contributed by atoms with E-state index in [0.717, 1.165) is 11.3 Å². The van der Waals surface area contributed by atoms with Crippen LogP contribution in [0.25, 0.3) is 0 Å². The van der Waals surface area contributed by atoms with E-state index in [9.17, 15) is 13.2 Å². The summed E-state index contributed by atoms with van der Waals surface area (Å²) in [5, 5.41) is 0.545. The van der Waals surface area contributed by atoms with Crippen LogP contribution in [-0.2, 0) is 5.88 Å². The highest BCUT2D eigenvalue weighted by Gasteiger charge is 2.42. The highest BCUT2D eigenvalue weighted by atomic mass is 35.5. The van der Waals surface area contributed by atoms with Crippen LogP contribution in [-0.4, -0.2) is 19.3 Å². The maximum Gasteiger partial charge on any atom is 0.393 e. The molecular weight excluding hydrogens is 298 g/mol. The molecule has 0 aliphatic carbocycles. The lowest BCUT2D eigenvalue weighted by atomic mass is 9.96. The van der Waals surface area contributed by atoms with Crippen LogP contribution in [0.1, 0.15) is 18.4 Å². The fourth-order valence-corrected chi connectivity index (χ4v) is 2.84. The quantitative estimate of drug-likeness (QED) is 0.705. The fraction of sp³-hybridized carbons (Fsp3) is 0.538. The molecule has 0 amide bonds. The summed E-state index contributed by atoms with van der Waals surface area (Å²) in [6, 6.07) is 5.14. The lowest BCUT2D eigenvalue weighted by Crippen LogP contribution is -2.42. The van der Waals surface area contributed by atoms with Gasteiger partial charge >= 0.3 is 6.18 Å². The standard InChI is InChI=1S/C13H14Cl2F3N/c14-7-9-6-11(15)3-4-12(9)19-5-1-2-10(8-19)13(16,17)18/h3-4,6,10H,1-2,5,7-8H2. The van der Waals surface area contributed by atoms with Crippen LogP contribution in [0, 0.1) is 5.92 Å². The topological polar surface area (TPSA) is 3.24 Å². The number of nitrogens with zero attached hydrogens (tertiary/aromatic N) is 1. The molecule has 0 bridgehead atoms. The third-order valence-electron chi connectivity index (χ3n) is 3.41. The van der Waals surface area contributed by atoms with Crippen molar-refractivity contribution < 1.29 is 13.2 Å². The Morgan fingerprint density at radius 2 is 2.05 bits per heavy atom. The van der Waals surface area contributed by atoms with Gasteiger partial charge in [0.1, 0.15) is 0 Å². The molecule has 1 saturated heterocycles. The Balaban J connectivity index is 2.22. The first-order valence-electron chi connectivity index (χ1n) is 6.08. The molecule has 1 aliphatic heterocycles. The monoisotopic (exact) mass is 311 g/mol. The van der Waals surface area contributed by atoms with Crippen molar-refractivity contribution in [3.63, 3.8) is 0 Å². The third kappa shape index (κ3) is 3.48. The van der Waals surface area contributed by atoms with Gasteiger partial charge in [-0.25, -0.2) is 0 Å². The second-order valence-corrected chi connectivity index (χ2v) is 5.44. The predicted octanol–water partition coefficient (Wildman–Crippen LogP) is 4.86. The largest absolute Gasteiger partial charge is 0.393 e. The molecule has 1 aromatic carbocycles. The molecule has 0 radical (unpaired) electrons. The minimum absolute atomic E-state index is 0.00494. The molecule has 6 heteroatoms. The van der Waals surface area contributed by atoms with Crippen molar-refractivity contribution in [1.82, 2.24) is 0 Å². The van der Waals surface area contributed by atoms with Crippen molar-refractivity contribution in [3.05, 3.63) is 28.8 Å². The van der Waals surface area contributed by atoms with E-state index in [4.69, 9.17) is 23.2 Å². The van der Waals surface area contributed by atoms with Gasteiger partial charge in [0.2, 0.25) is 0 Å². The molecule has 19 heavy (non-hydrogen) atoms. The zero-order valence-electron chi connectivity index (χ0n) is 10.2. The Bertz CT molecular complexity index is 448. The molecule has 0 aromatic heterocycles. The lowest BCUT2D eigenvalue weighted by Gasteiger charge is -2.36. The molecule has 0 saturated carbocycles. The molecular formula is C13H14Cl2F3N. The van der Waals surface area contributed by atoms with Crippen molar-refractivity contribution in [3.8, 4) is 0 Å². The van der Waals surface area contributed by atoms with Gasteiger partial charge in [-0.1, -0.05) is 11.6 Å². The molecule has 1 fully saturated rings. The normalized spacial score (nSPS) is 20.7. The second-order valence-electron chi connectivity index (χ2n) is 4.73. The van der Waals surface area contributed by atoms with Crippen LogP contribution >= 0.6 is 23.2 Å². The summed E-state index contributed by atoms with van der Waals surface area (Å²) in [6.07, 6.45) is -3.40. The number of hydrogen-bond donors (Lipinski definition) is 0. The van der Waals surface area contributed by atoms with Crippen molar-refractivity contribution in [2.75, 3.05) is 18.0 Å². The van der Waals surface area contributed by atoms with E-state index in [-0.39, 0.29) is 18.8 Å². The van der Waals surface area contributed by atoms with Crippen molar-refractivity contribution in [1.29, 1.82) is 0 Å². The molecule has 1 unspecified atom stereocenters. The molecule has 1 aliphatic rings. The van der Waals surface area contributed by atoms with Crippen LogP contribution in [0.2, 0.25) is 5.02 Å². The van der Waals surface area contributed by atoms with Gasteiger partial charge in [0, 0.05) is 29.7 Å². The molecule has 1 heterocycles. The summed E-state index contributed by atoms with van der Waals surface area (Å²) in [7, 11) is 0. The SMILES string of the molecule is FC(F)(F)C1CCCN(c2ccc(Cl)cc2CCl)C1. The van der Waals surface area contributed by atoms with Crippen LogP contribution in [0.4, 0.5) is 18.9 Å². The number of rotatable bonds is 2. The molecule has 1 nitrogen and oxygen atoms in total. The first kappa shape index (κ1) is 14.8. The summed E-state index contributed by atoms with van der Waals surface area (Å²) in [5.74, 6) is -1.02. The molecule has 1 atom stereocenters. The highest BCUT2D eigenvalue weighted by molar-refractivity contribution is 6.30. The predicted molar refractivity (Wildman–Crippen MR) is 72.0 cm³/mol. The van der Waals surface area contributed by atoms with Gasteiger partial charge in [0.25, 0.3) is 0 Å². The Kier molecular flexibility index (Phi) is 4.51. The zero-order chi connectivity index (χ0) is 14.0. The zero-order valence-corrected chi connectivity index (χ0v) is 11.7. The van der Waals surface area contributed by atoms with E-state index < -0.39 is 12.1 Å². The van der Waals surface area contributed by atoms with Crippen LogP contribution in [0.15, 0.2) is 18.2 Å². The highest BCUT2D eigenvalue weighted by Crippen LogP contribution is 2.36. The average Bonchev–Trinajstić information content (AvgIpc) is 2.37. The number of piperidine rings is 1. The van der Waals surface area contributed by atoms with Crippen LogP contribution in [0.3, 0.4) is 0 Å². The summed E-state index contributed by atoms with van der Waals surface area (Å²) < 4.78 is 38.4. The average molecular weight is 312 g/mol. The second kappa shape index (κ2) is 5.80. The summed E-state index contributed by atoms with van der Waals surface area (Å²) in [6.45, 7) is 0.618. The maximum atomic E-state index is 12.8. The fourth-order valence-electron chi connectivity index (χ4n) is 2.43. The van der Waals surface area contributed by atoms with E-state index in [1.807, 2.05) is 0 Å². The Morgan fingerprint density at radius 1 is 1.32 bits per heavy atom. The van der Waals surface area contributed by atoms with E-state index >= 15 is 0 Å². The van der Waals surface area contributed by atoms with Gasteiger partial charge in [0.15, 0.2) is 0 Å². The van der Waals surface area contributed by atoms with Gasteiger partial charge in [0.05, 0.1) is 5.92 Å². The van der Waals surface area contributed by atoms with Crippen molar-refractivity contribution >= 4 is 28.9 Å². The number of benzene rings is 1. The van der Waals surface area contributed by atoms with Gasteiger partial charge in [-0.2, -0.15) is 13.2 Å². The van der Waals surface area contributed by atoms with E-state index in [0.29, 0.717) is 18.0 Å². The molecule has 0 N–H and O–H groups in total. The van der Waals surface area contributed by atoms with E-state index in [1.54, 1.807) is 23.1 Å². The number of hydrogen-bond acceptors (Lipinski definition) is 1. The number of anilines is 1. The molecule has 2 rings (SSSR count). The smallest absolute Gasteiger partial charge is 0.371 e. The number of alkyl halides is 4. The Hall–Kier alpha value is -0.610. The number of halogens is 5. The summed E-state index contributed by atoms with van der Waals surface area (Å²) in [5.41, 5.74) is 1.53.